The van der Waals surface area contributed by atoms with E-state index in [-0.39, 0.29) is 23.7 Å². The molecule has 0 saturated heterocycles. The Balaban J connectivity index is 1.35. The van der Waals surface area contributed by atoms with Gasteiger partial charge in [-0.25, -0.2) is 8.78 Å². The van der Waals surface area contributed by atoms with Crippen molar-refractivity contribution in [2.24, 2.45) is 11.8 Å². The highest BCUT2D eigenvalue weighted by molar-refractivity contribution is 5.71. The van der Waals surface area contributed by atoms with Crippen molar-refractivity contribution in [1.29, 1.82) is 0 Å². The molecule has 0 radical (unpaired) electrons. The summed E-state index contributed by atoms with van der Waals surface area (Å²) in [6.07, 6.45) is 10.1. The number of hydrogen-bond donors (Lipinski definition) is 0. The summed E-state index contributed by atoms with van der Waals surface area (Å²) in [7, 11) is 0. The summed E-state index contributed by atoms with van der Waals surface area (Å²) in [4.78, 5) is 0. The third-order valence-corrected chi connectivity index (χ3v) is 7.46. The second-order valence-electron chi connectivity index (χ2n) is 10.1. The molecule has 2 nitrogen and oxygen atoms in total. The van der Waals surface area contributed by atoms with Crippen LogP contribution in [0.4, 0.5) is 13.2 Å². The van der Waals surface area contributed by atoms with Crippen LogP contribution in [0.3, 0.4) is 0 Å². The summed E-state index contributed by atoms with van der Waals surface area (Å²) in [6, 6.07) is 14.9. The molecule has 0 atom stereocenters. The van der Waals surface area contributed by atoms with Gasteiger partial charge < -0.3 is 9.47 Å². The van der Waals surface area contributed by atoms with Crippen LogP contribution in [0.1, 0.15) is 65.2 Å². The summed E-state index contributed by atoms with van der Waals surface area (Å²) < 4.78 is 54.6. The van der Waals surface area contributed by atoms with Crippen LogP contribution in [-0.4, -0.2) is 13.2 Å². The fraction of sp³-hybridized carbons (Fsp3) is 0.438. The molecule has 0 N–H and O–H groups in total. The zero-order valence-electron chi connectivity index (χ0n) is 21.9. The van der Waals surface area contributed by atoms with Gasteiger partial charge in [0.25, 0.3) is 0 Å². The fourth-order valence-corrected chi connectivity index (χ4v) is 5.24. The van der Waals surface area contributed by atoms with Gasteiger partial charge in [-0.1, -0.05) is 75.8 Å². The molecule has 0 spiro atoms. The third kappa shape index (κ3) is 6.88. The maximum absolute atomic E-state index is 14.8. The normalized spacial score (nSPS) is 17.5. The van der Waals surface area contributed by atoms with Crippen molar-refractivity contribution in [1.82, 2.24) is 0 Å². The second kappa shape index (κ2) is 13.0. The van der Waals surface area contributed by atoms with Crippen molar-refractivity contribution < 1.29 is 22.6 Å². The molecule has 0 aromatic heterocycles. The number of halogens is 3. The largest absolute Gasteiger partial charge is 0.491 e. The Labute approximate surface area is 218 Å². The topological polar surface area (TPSA) is 18.5 Å². The van der Waals surface area contributed by atoms with Crippen molar-refractivity contribution in [3.05, 3.63) is 72.0 Å². The minimum atomic E-state index is -0.999. The highest BCUT2D eigenvalue weighted by atomic mass is 19.2. The Morgan fingerprint density at radius 3 is 2.00 bits per heavy atom. The first kappa shape index (κ1) is 27.1. The van der Waals surface area contributed by atoms with Crippen molar-refractivity contribution >= 4 is 0 Å². The van der Waals surface area contributed by atoms with Gasteiger partial charge >= 0.3 is 0 Å². The molecule has 0 aliphatic heterocycles. The van der Waals surface area contributed by atoms with Gasteiger partial charge in [-0.15, -0.1) is 0 Å². The highest BCUT2D eigenvalue weighted by Crippen LogP contribution is 2.34. The maximum Gasteiger partial charge on any atom is 0.201 e. The lowest BCUT2D eigenvalue weighted by Crippen LogP contribution is -2.20. The zero-order chi connectivity index (χ0) is 26.2. The van der Waals surface area contributed by atoms with Gasteiger partial charge in [0.2, 0.25) is 5.82 Å². The van der Waals surface area contributed by atoms with Crippen molar-refractivity contribution in [3.63, 3.8) is 0 Å². The smallest absolute Gasteiger partial charge is 0.201 e. The van der Waals surface area contributed by atoms with E-state index in [9.17, 15) is 13.2 Å². The van der Waals surface area contributed by atoms with E-state index in [1.54, 1.807) is 37.3 Å². The quantitative estimate of drug-likeness (QED) is 0.239. The van der Waals surface area contributed by atoms with E-state index in [2.05, 4.69) is 6.92 Å². The van der Waals surface area contributed by atoms with Crippen LogP contribution in [0.15, 0.2) is 54.6 Å². The molecule has 5 heteroatoms. The predicted octanol–water partition coefficient (Wildman–Crippen LogP) is 9.60. The fourth-order valence-electron chi connectivity index (χ4n) is 5.24. The molecule has 1 saturated carbocycles. The van der Waals surface area contributed by atoms with Crippen LogP contribution in [0, 0.1) is 29.3 Å². The molecule has 1 aliphatic carbocycles. The van der Waals surface area contributed by atoms with E-state index in [0.717, 1.165) is 24.3 Å². The standard InChI is InChI=1S/C32H37F3O2/c1-3-5-6-7-22-8-10-23(11-9-22)21-37-29-18-16-26(20-28(29)33)24-12-14-25(15-13-24)27-17-19-30(36-4-2)32(35)31(27)34/h12-20,22-23H,3-11,21H2,1-2H3. The van der Waals surface area contributed by atoms with E-state index in [0.29, 0.717) is 23.7 Å². The van der Waals surface area contributed by atoms with E-state index >= 15 is 0 Å². The lowest BCUT2D eigenvalue weighted by Gasteiger charge is -2.28. The van der Waals surface area contributed by atoms with Crippen LogP contribution >= 0.6 is 0 Å². The lowest BCUT2D eigenvalue weighted by molar-refractivity contribution is 0.173. The molecular weight excluding hydrogens is 473 g/mol. The minimum Gasteiger partial charge on any atom is -0.491 e. The Hall–Kier alpha value is -2.95. The minimum absolute atomic E-state index is 0.103. The first-order valence-corrected chi connectivity index (χ1v) is 13.6. The molecule has 0 unspecified atom stereocenters. The van der Waals surface area contributed by atoms with Crippen LogP contribution < -0.4 is 9.47 Å². The molecule has 3 aromatic rings. The Bertz CT molecular complexity index is 1150. The van der Waals surface area contributed by atoms with Gasteiger partial charge in [0.15, 0.2) is 23.1 Å². The first-order chi connectivity index (χ1) is 18.0. The number of benzene rings is 3. The molecule has 3 aromatic carbocycles. The molecule has 198 valence electrons. The van der Waals surface area contributed by atoms with E-state index in [1.807, 2.05) is 6.07 Å². The predicted molar refractivity (Wildman–Crippen MR) is 143 cm³/mol. The average Bonchev–Trinajstić information content (AvgIpc) is 2.92. The SMILES string of the molecule is CCCCCC1CCC(COc2ccc(-c3ccc(-c4ccc(OCC)c(F)c4F)cc3)cc2F)CC1. The molecule has 1 aliphatic rings. The van der Waals surface area contributed by atoms with Gasteiger partial charge in [0.1, 0.15) is 0 Å². The molecule has 1 fully saturated rings. The lowest BCUT2D eigenvalue weighted by atomic mass is 9.80. The third-order valence-electron chi connectivity index (χ3n) is 7.46. The number of unbranched alkanes of at least 4 members (excludes halogenated alkanes) is 2. The van der Waals surface area contributed by atoms with Gasteiger partial charge in [0, 0.05) is 5.56 Å². The van der Waals surface area contributed by atoms with Gasteiger partial charge in [0.05, 0.1) is 13.2 Å². The van der Waals surface area contributed by atoms with E-state index in [4.69, 9.17) is 9.47 Å². The average molecular weight is 511 g/mol. The highest BCUT2D eigenvalue weighted by Gasteiger charge is 2.22. The van der Waals surface area contributed by atoms with E-state index < -0.39 is 17.5 Å². The Kier molecular flexibility index (Phi) is 9.54. The van der Waals surface area contributed by atoms with Gasteiger partial charge in [-0.05, 0) is 72.6 Å². The van der Waals surface area contributed by atoms with Crippen LogP contribution in [0.2, 0.25) is 0 Å². The molecular formula is C32H37F3O2. The Morgan fingerprint density at radius 1 is 0.676 bits per heavy atom. The maximum atomic E-state index is 14.8. The first-order valence-electron chi connectivity index (χ1n) is 13.6. The van der Waals surface area contributed by atoms with Gasteiger partial charge in [-0.2, -0.15) is 4.39 Å². The molecule has 37 heavy (non-hydrogen) atoms. The molecule has 0 amide bonds. The molecule has 0 bridgehead atoms. The molecule has 0 heterocycles. The summed E-state index contributed by atoms with van der Waals surface area (Å²) in [6.45, 7) is 4.76. The monoisotopic (exact) mass is 510 g/mol. The van der Waals surface area contributed by atoms with Crippen molar-refractivity contribution in [2.75, 3.05) is 13.2 Å². The van der Waals surface area contributed by atoms with Gasteiger partial charge in [-0.3, -0.25) is 0 Å². The Morgan fingerprint density at radius 2 is 1.32 bits per heavy atom. The van der Waals surface area contributed by atoms with Crippen molar-refractivity contribution in [2.45, 2.75) is 65.2 Å². The summed E-state index contributed by atoms with van der Waals surface area (Å²) in [5.74, 6) is -0.838. The van der Waals surface area contributed by atoms with Crippen LogP contribution in [0.5, 0.6) is 11.5 Å². The molecule has 4 rings (SSSR count). The van der Waals surface area contributed by atoms with Crippen LogP contribution in [0.25, 0.3) is 22.3 Å². The number of rotatable bonds is 11. The second-order valence-corrected chi connectivity index (χ2v) is 10.1. The zero-order valence-corrected chi connectivity index (χ0v) is 21.9. The van der Waals surface area contributed by atoms with Crippen LogP contribution in [-0.2, 0) is 0 Å². The van der Waals surface area contributed by atoms with Crippen molar-refractivity contribution in [3.8, 4) is 33.8 Å². The summed E-state index contributed by atoms with van der Waals surface area (Å²) in [5.41, 5.74) is 2.16. The summed E-state index contributed by atoms with van der Waals surface area (Å²) in [5, 5.41) is 0. The number of ether oxygens (including phenoxy) is 2. The van der Waals surface area contributed by atoms with E-state index in [1.165, 1.54) is 56.7 Å². The number of hydrogen-bond acceptors (Lipinski definition) is 2. The summed E-state index contributed by atoms with van der Waals surface area (Å²) >= 11 is 0.